The largest absolute Gasteiger partial charge is 0.295 e. The highest BCUT2D eigenvalue weighted by Gasteiger charge is 2.12. The van der Waals surface area contributed by atoms with Crippen molar-refractivity contribution in [1.82, 2.24) is 9.55 Å². The highest BCUT2D eigenvalue weighted by Crippen LogP contribution is 2.25. The molecule has 0 amide bonds. The summed E-state index contributed by atoms with van der Waals surface area (Å²) in [5.74, 6) is 1.79. The molecular formula is C18H19ClN2. The molecule has 0 aliphatic rings. The van der Waals surface area contributed by atoms with Crippen LogP contribution in [0.4, 0.5) is 0 Å². The van der Waals surface area contributed by atoms with Crippen LogP contribution in [0.3, 0.4) is 0 Å². The third kappa shape index (κ3) is 2.56. The van der Waals surface area contributed by atoms with Gasteiger partial charge in [-0.2, -0.15) is 0 Å². The fourth-order valence-electron chi connectivity index (χ4n) is 2.64. The Balaban J connectivity index is 2.27. The summed E-state index contributed by atoms with van der Waals surface area (Å²) in [7, 11) is 0. The summed E-state index contributed by atoms with van der Waals surface area (Å²) in [5.41, 5.74) is 5.79. The second kappa shape index (κ2) is 5.53. The molecule has 0 spiro atoms. The summed E-state index contributed by atoms with van der Waals surface area (Å²) in [5, 5.41) is 0. The van der Waals surface area contributed by atoms with Crippen LogP contribution in [0.1, 0.15) is 36.7 Å². The Kier molecular flexibility index (Phi) is 3.73. The van der Waals surface area contributed by atoms with Gasteiger partial charge in [-0.15, -0.1) is 11.6 Å². The Morgan fingerprint density at radius 3 is 2.67 bits per heavy atom. The molecule has 0 atom stereocenters. The Bertz CT molecular complexity index is 787. The standard InChI is InChI=1S/C18H19ClN2/c1-12(2)14-5-4-6-15(10-14)21-17-9-13(3)7-8-16(17)20-18(21)11-19/h4-10,12H,11H2,1-3H3. The maximum atomic E-state index is 6.11. The quantitative estimate of drug-likeness (QED) is 0.608. The molecule has 21 heavy (non-hydrogen) atoms. The van der Waals surface area contributed by atoms with Gasteiger partial charge < -0.3 is 0 Å². The summed E-state index contributed by atoms with van der Waals surface area (Å²) in [6.45, 7) is 6.51. The molecule has 0 bridgehead atoms. The van der Waals surface area contributed by atoms with Gasteiger partial charge in [-0.3, -0.25) is 4.57 Å². The number of hydrogen-bond donors (Lipinski definition) is 0. The molecule has 1 aromatic heterocycles. The minimum absolute atomic E-state index is 0.402. The molecule has 3 aromatic rings. The van der Waals surface area contributed by atoms with Crippen LogP contribution in [0.5, 0.6) is 0 Å². The molecule has 0 saturated carbocycles. The van der Waals surface area contributed by atoms with Gasteiger partial charge in [-0.25, -0.2) is 4.98 Å². The third-order valence-electron chi connectivity index (χ3n) is 3.79. The van der Waals surface area contributed by atoms with Crippen molar-refractivity contribution in [2.75, 3.05) is 0 Å². The Morgan fingerprint density at radius 1 is 1.14 bits per heavy atom. The minimum atomic E-state index is 0.402. The molecule has 2 aromatic carbocycles. The zero-order valence-electron chi connectivity index (χ0n) is 12.6. The minimum Gasteiger partial charge on any atom is -0.295 e. The maximum Gasteiger partial charge on any atom is 0.129 e. The fraction of sp³-hybridized carbons (Fsp3) is 0.278. The zero-order chi connectivity index (χ0) is 15.0. The van der Waals surface area contributed by atoms with Gasteiger partial charge in [0, 0.05) is 5.69 Å². The molecule has 0 N–H and O–H groups in total. The molecule has 0 radical (unpaired) electrons. The van der Waals surface area contributed by atoms with E-state index in [-0.39, 0.29) is 0 Å². The van der Waals surface area contributed by atoms with Crippen LogP contribution in [-0.4, -0.2) is 9.55 Å². The number of benzene rings is 2. The second-order valence-corrected chi connectivity index (χ2v) is 6.01. The summed E-state index contributed by atoms with van der Waals surface area (Å²) in [4.78, 5) is 4.65. The zero-order valence-corrected chi connectivity index (χ0v) is 13.4. The molecule has 0 fully saturated rings. The number of imidazole rings is 1. The average Bonchev–Trinajstić information content (AvgIpc) is 2.85. The van der Waals surface area contributed by atoms with E-state index in [2.05, 4.69) is 72.8 Å². The van der Waals surface area contributed by atoms with Crippen molar-refractivity contribution in [1.29, 1.82) is 0 Å². The van der Waals surface area contributed by atoms with Crippen LogP contribution < -0.4 is 0 Å². The Morgan fingerprint density at radius 2 is 1.95 bits per heavy atom. The van der Waals surface area contributed by atoms with Crippen LogP contribution >= 0.6 is 11.6 Å². The predicted molar refractivity (Wildman–Crippen MR) is 89.5 cm³/mol. The van der Waals surface area contributed by atoms with E-state index in [0.717, 1.165) is 22.5 Å². The second-order valence-electron chi connectivity index (χ2n) is 5.74. The lowest BCUT2D eigenvalue weighted by molar-refractivity contribution is 0.861. The van der Waals surface area contributed by atoms with E-state index in [1.165, 1.54) is 11.1 Å². The molecular weight excluding hydrogens is 280 g/mol. The van der Waals surface area contributed by atoms with E-state index < -0.39 is 0 Å². The van der Waals surface area contributed by atoms with Crippen LogP contribution in [0, 0.1) is 6.92 Å². The number of rotatable bonds is 3. The van der Waals surface area contributed by atoms with Crippen molar-refractivity contribution in [2.24, 2.45) is 0 Å². The van der Waals surface area contributed by atoms with Gasteiger partial charge in [0.1, 0.15) is 5.82 Å². The van der Waals surface area contributed by atoms with Crippen molar-refractivity contribution in [2.45, 2.75) is 32.6 Å². The Labute approximate surface area is 130 Å². The molecule has 3 heteroatoms. The number of aromatic nitrogens is 2. The van der Waals surface area contributed by atoms with Gasteiger partial charge in [0.15, 0.2) is 0 Å². The van der Waals surface area contributed by atoms with Crippen LogP contribution in [-0.2, 0) is 5.88 Å². The molecule has 3 rings (SSSR count). The number of hydrogen-bond acceptors (Lipinski definition) is 1. The molecule has 0 aliphatic heterocycles. The van der Waals surface area contributed by atoms with Gasteiger partial charge in [0.2, 0.25) is 0 Å². The molecule has 0 saturated heterocycles. The van der Waals surface area contributed by atoms with Crippen LogP contribution in [0.15, 0.2) is 42.5 Å². The normalized spacial score (nSPS) is 11.5. The van der Waals surface area contributed by atoms with E-state index in [1.54, 1.807) is 0 Å². The number of aryl methyl sites for hydroxylation is 1. The third-order valence-corrected chi connectivity index (χ3v) is 4.03. The topological polar surface area (TPSA) is 17.8 Å². The van der Waals surface area contributed by atoms with Crippen molar-refractivity contribution in [3.05, 3.63) is 59.4 Å². The first-order valence-corrected chi connectivity index (χ1v) is 7.78. The summed E-state index contributed by atoms with van der Waals surface area (Å²) >= 11 is 6.11. The lowest BCUT2D eigenvalue weighted by Crippen LogP contribution is -2.00. The smallest absolute Gasteiger partial charge is 0.129 e. The number of nitrogens with zero attached hydrogens (tertiary/aromatic N) is 2. The van der Waals surface area contributed by atoms with Gasteiger partial charge in [0.05, 0.1) is 16.9 Å². The highest BCUT2D eigenvalue weighted by atomic mass is 35.5. The Hall–Kier alpha value is -1.80. The number of alkyl halides is 1. The van der Waals surface area contributed by atoms with Crippen LogP contribution in [0.25, 0.3) is 16.7 Å². The van der Waals surface area contributed by atoms with E-state index >= 15 is 0 Å². The van der Waals surface area contributed by atoms with E-state index in [4.69, 9.17) is 11.6 Å². The van der Waals surface area contributed by atoms with Crippen molar-refractivity contribution in [3.8, 4) is 5.69 Å². The molecule has 108 valence electrons. The molecule has 2 nitrogen and oxygen atoms in total. The number of halogens is 1. The average molecular weight is 299 g/mol. The molecule has 1 heterocycles. The first kappa shape index (κ1) is 14.2. The summed E-state index contributed by atoms with van der Waals surface area (Å²) in [6, 6.07) is 14.9. The SMILES string of the molecule is Cc1ccc2nc(CCl)n(-c3cccc(C(C)C)c3)c2c1. The molecule has 0 aliphatic carbocycles. The lowest BCUT2D eigenvalue weighted by atomic mass is 10.0. The highest BCUT2D eigenvalue weighted by molar-refractivity contribution is 6.17. The number of fused-ring (bicyclic) bond motifs is 1. The lowest BCUT2D eigenvalue weighted by Gasteiger charge is -2.12. The van der Waals surface area contributed by atoms with Crippen LogP contribution in [0.2, 0.25) is 0 Å². The summed E-state index contributed by atoms with van der Waals surface area (Å²) < 4.78 is 2.17. The van der Waals surface area contributed by atoms with Gasteiger partial charge in [-0.05, 0) is 48.2 Å². The maximum absolute atomic E-state index is 6.11. The summed E-state index contributed by atoms with van der Waals surface area (Å²) in [6.07, 6.45) is 0. The van der Waals surface area contributed by atoms with Gasteiger partial charge in [0.25, 0.3) is 0 Å². The van der Waals surface area contributed by atoms with E-state index in [9.17, 15) is 0 Å². The van der Waals surface area contributed by atoms with Crippen molar-refractivity contribution >= 4 is 22.6 Å². The van der Waals surface area contributed by atoms with Gasteiger partial charge >= 0.3 is 0 Å². The van der Waals surface area contributed by atoms with E-state index in [0.29, 0.717) is 11.8 Å². The van der Waals surface area contributed by atoms with Gasteiger partial charge in [-0.1, -0.05) is 32.0 Å². The first-order valence-electron chi connectivity index (χ1n) is 7.24. The van der Waals surface area contributed by atoms with Crippen molar-refractivity contribution in [3.63, 3.8) is 0 Å². The van der Waals surface area contributed by atoms with Crippen molar-refractivity contribution < 1.29 is 0 Å². The monoisotopic (exact) mass is 298 g/mol. The van der Waals surface area contributed by atoms with E-state index in [1.807, 2.05) is 0 Å². The first-order chi connectivity index (χ1) is 10.1. The fourth-order valence-corrected chi connectivity index (χ4v) is 2.82. The predicted octanol–water partition coefficient (Wildman–Crippen LogP) is 5.20. The molecule has 0 unspecified atom stereocenters.